The van der Waals surface area contributed by atoms with Crippen molar-refractivity contribution in [3.05, 3.63) is 23.0 Å². The number of nitrogens with one attached hydrogen (secondary N) is 1. The molecule has 1 aromatic heterocycles. The van der Waals surface area contributed by atoms with E-state index < -0.39 is 0 Å². The number of ether oxygens (including phenoxy) is 2. The van der Waals surface area contributed by atoms with Crippen molar-refractivity contribution < 1.29 is 9.47 Å². The summed E-state index contributed by atoms with van der Waals surface area (Å²) in [5, 5.41) is 3.47. The van der Waals surface area contributed by atoms with Crippen LogP contribution in [-0.4, -0.2) is 38.5 Å². The van der Waals surface area contributed by atoms with Crippen LogP contribution in [0.5, 0.6) is 0 Å². The molecule has 0 aliphatic heterocycles. The molecule has 0 aromatic carbocycles. The lowest BCUT2D eigenvalue weighted by atomic mass is 10.2. The van der Waals surface area contributed by atoms with Crippen molar-refractivity contribution in [2.75, 3.05) is 34.0 Å². The second-order valence-corrected chi connectivity index (χ2v) is 4.92. The Balaban J connectivity index is 2.44. The van der Waals surface area contributed by atoms with E-state index >= 15 is 0 Å². The summed E-state index contributed by atoms with van der Waals surface area (Å²) in [6.07, 6.45) is 2.12. The monoisotopic (exact) mass is 268 g/mol. The Morgan fingerprint density at radius 3 is 2.47 bits per heavy atom. The first-order valence-electron chi connectivity index (χ1n) is 7.05. The van der Waals surface area contributed by atoms with E-state index in [0.29, 0.717) is 0 Å². The van der Waals surface area contributed by atoms with Crippen LogP contribution in [0, 0.1) is 13.8 Å². The van der Waals surface area contributed by atoms with Crippen molar-refractivity contribution in [3.8, 4) is 0 Å². The lowest BCUT2D eigenvalue weighted by molar-refractivity contribution is 0.190. The summed E-state index contributed by atoms with van der Waals surface area (Å²) < 4.78 is 12.5. The average Bonchev–Trinajstić information content (AvgIpc) is 2.66. The van der Waals surface area contributed by atoms with E-state index in [0.717, 1.165) is 45.7 Å². The second kappa shape index (κ2) is 9.13. The van der Waals surface area contributed by atoms with E-state index in [2.05, 4.69) is 29.8 Å². The van der Waals surface area contributed by atoms with Crippen LogP contribution in [0.4, 0.5) is 0 Å². The molecule has 0 saturated heterocycles. The molecule has 0 aliphatic rings. The SMILES string of the molecule is COCCCNCc1cc(C)n(CCCOC)c1C. The first kappa shape index (κ1) is 16.2. The number of hydrogen-bond donors (Lipinski definition) is 1. The maximum Gasteiger partial charge on any atom is 0.0479 e. The van der Waals surface area contributed by atoms with Gasteiger partial charge in [-0.2, -0.15) is 0 Å². The van der Waals surface area contributed by atoms with Gasteiger partial charge in [0, 0.05) is 51.9 Å². The van der Waals surface area contributed by atoms with Crippen LogP contribution in [0.3, 0.4) is 0 Å². The molecular weight excluding hydrogens is 240 g/mol. The zero-order valence-electron chi connectivity index (χ0n) is 12.8. The van der Waals surface area contributed by atoms with Gasteiger partial charge in [0.05, 0.1) is 0 Å². The Kier molecular flexibility index (Phi) is 7.79. The highest BCUT2D eigenvalue weighted by Crippen LogP contribution is 2.15. The van der Waals surface area contributed by atoms with E-state index in [-0.39, 0.29) is 0 Å². The lowest BCUT2D eigenvalue weighted by Gasteiger charge is -2.10. The van der Waals surface area contributed by atoms with Crippen molar-refractivity contribution in [2.24, 2.45) is 0 Å². The van der Waals surface area contributed by atoms with Crippen LogP contribution in [0.2, 0.25) is 0 Å². The first-order valence-corrected chi connectivity index (χ1v) is 7.05. The Morgan fingerprint density at radius 2 is 1.79 bits per heavy atom. The molecule has 1 heterocycles. The number of rotatable bonds is 10. The number of hydrogen-bond acceptors (Lipinski definition) is 3. The summed E-state index contributed by atoms with van der Waals surface area (Å²) in [6, 6.07) is 2.28. The summed E-state index contributed by atoms with van der Waals surface area (Å²) in [7, 11) is 3.50. The minimum absolute atomic E-state index is 0.821. The number of methoxy groups -OCH3 is 2. The third-order valence-corrected chi connectivity index (χ3v) is 3.43. The van der Waals surface area contributed by atoms with Crippen LogP contribution < -0.4 is 5.32 Å². The van der Waals surface area contributed by atoms with E-state index in [1.165, 1.54) is 17.0 Å². The molecule has 0 bridgehead atoms. The minimum Gasteiger partial charge on any atom is -0.385 e. The highest BCUT2D eigenvalue weighted by Gasteiger charge is 2.08. The molecule has 19 heavy (non-hydrogen) atoms. The van der Waals surface area contributed by atoms with Gasteiger partial charge >= 0.3 is 0 Å². The largest absolute Gasteiger partial charge is 0.385 e. The van der Waals surface area contributed by atoms with Gasteiger partial charge in [-0.1, -0.05) is 0 Å². The maximum atomic E-state index is 5.11. The zero-order valence-corrected chi connectivity index (χ0v) is 12.8. The van der Waals surface area contributed by atoms with Crippen LogP contribution in [0.15, 0.2) is 6.07 Å². The van der Waals surface area contributed by atoms with Crippen molar-refractivity contribution in [2.45, 2.75) is 39.8 Å². The lowest BCUT2D eigenvalue weighted by Crippen LogP contribution is -2.16. The topological polar surface area (TPSA) is 35.4 Å². The third kappa shape index (κ3) is 5.35. The fraction of sp³-hybridized carbons (Fsp3) is 0.733. The summed E-state index contributed by atoms with van der Waals surface area (Å²) in [5.41, 5.74) is 4.10. The molecule has 0 radical (unpaired) electrons. The predicted molar refractivity (Wildman–Crippen MR) is 78.6 cm³/mol. The third-order valence-electron chi connectivity index (χ3n) is 3.43. The molecule has 0 unspecified atom stereocenters. The molecule has 4 heteroatoms. The molecule has 0 spiro atoms. The smallest absolute Gasteiger partial charge is 0.0479 e. The summed E-state index contributed by atoms with van der Waals surface area (Å²) >= 11 is 0. The fourth-order valence-corrected chi connectivity index (χ4v) is 2.33. The van der Waals surface area contributed by atoms with Gasteiger partial charge in [0.1, 0.15) is 0 Å². The number of nitrogens with zero attached hydrogens (tertiary/aromatic N) is 1. The molecule has 0 atom stereocenters. The average molecular weight is 268 g/mol. The summed E-state index contributed by atoms with van der Waals surface area (Å²) in [5.74, 6) is 0. The molecule has 0 amide bonds. The van der Waals surface area contributed by atoms with Gasteiger partial charge in [-0.3, -0.25) is 0 Å². The van der Waals surface area contributed by atoms with Crippen LogP contribution in [0.1, 0.15) is 29.8 Å². The predicted octanol–water partition coefficient (Wildman–Crippen LogP) is 2.27. The van der Waals surface area contributed by atoms with Crippen LogP contribution in [-0.2, 0) is 22.6 Å². The fourth-order valence-electron chi connectivity index (χ4n) is 2.33. The molecule has 1 N–H and O–H groups in total. The molecule has 110 valence electrons. The van der Waals surface area contributed by atoms with Gasteiger partial charge in [0.2, 0.25) is 0 Å². The highest BCUT2D eigenvalue weighted by atomic mass is 16.5. The molecule has 4 nitrogen and oxygen atoms in total. The molecule has 0 aliphatic carbocycles. The van der Waals surface area contributed by atoms with Gasteiger partial charge in [-0.05, 0) is 44.9 Å². The van der Waals surface area contributed by atoms with E-state index in [1.54, 1.807) is 14.2 Å². The second-order valence-electron chi connectivity index (χ2n) is 4.92. The minimum atomic E-state index is 0.821. The van der Waals surface area contributed by atoms with Gasteiger partial charge in [-0.25, -0.2) is 0 Å². The Labute approximate surface area is 117 Å². The maximum absolute atomic E-state index is 5.11. The van der Waals surface area contributed by atoms with Gasteiger partial charge in [-0.15, -0.1) is 0 Å². The molecule has 1 rings (SSSR count). The number of aromatic nitrogens is 1. The standard InChI is InChI=1S/C15H28N2O2/c1-13-11-15(12-16-7-5-9-18-3)14(2)17(13)8-6-10-19-4/h11,16H,5-10,12H2,1-4H3. The number of aryl methyl sites for hydroxylation is 1. The van der Waals surface area contributed by atoms with Crippen LogP contribution >= 0.6 is 0 Å². The van der Waals surface area contributed by atoms with Gasteiger partial charge < -0.3 is 19.4 Å². The van der Waals surface area contributed by atoms with Gasteiger partial charge in [0.25, 0.3) is 0 Å². The van der Waals surface area contributed by atoms with Crippen molar-refractivity contribution in [1.29, 1.82) is 0 Å². The van der Waals surface area contributed by atoms with E-state index in [1.807, 2.05) is 0 Å². The summed E-state index contributed by atoms with van der Waals surface area (Å²) in [4.78, 5) is 0. The molecule has 0 saturated carbocycles. The normalized spacial score (nSPS) is 11.2. The van der Waals surface area contributed by atoms with Crippen LogP contribution in [0.25, 0.3) is 0 Å². The van der Waals surface area contributed by atoms with E-state index in [4.69, 9.17) is 9.47 Å². The highest BCUT2D eigenvalue weighted by molar-refractivity contribution is 5.26. The Morgan fingerprint density at radius 1 is 1.11 bits per heavy atom. The zero-order chi connectivity index (χ0) is 14.1. The van der Waals surface area contributed by atoms with Crippen molar-refractivity contribution in [1.82, 2.24) is 9.88 Å². The quantitative estimate of drug-likeness (QED) is 0.661. The summed E-state index contributed by atoms with van der Waals surface area (Å²) in [6.45, 7) is 8.99. The molecule has 0 fully saturated rings. The van der Waals surface area contributed by atoms with Crippen molar-refractivity contribution in [3.63, 3.8) is 0 Å². The van der Waals surface area contributed by atoms with E-state index in [9.17, 15) is 0 Å². The Bertz CT molecular complexity index is 361. The Hall–Kier alpha value is -0.840. The molecule has 1 aromatic rings. The first-order chi connectivity index (χ1) is 9.20. The molecular formula is C15H28N2O2. The van der Waals surface area contributed by atoms with Crippen molar-refractivity contribution >= 4 is 0 Å². The van der Waals surface area contributed by atoms with Gasteiger partial charge in [0.15, 0.2) is 0 Å².